The zero-order chi connectivity index (χ0) is 19.1. The van der Waals surface area contributed by atoms with Crippen LogP contribution in [-0.2, 0) is 0 Å². The molecule has 5 aromatic rings. The minimum Gasteiger partial charge on any atom is -0.0622 e. The summed E-state index contributed by atoms with van der Waals surface area (Å²) in [5, 5.41) is 5.32. The lowest BCUT2D eigenvalue weighted by atomic mass is 9.89. The van der Waals surface area contributed by atoms with Gasteiger partial charge in [-0.05, 0) is 74.8 Å². The monoisotopic (exact) mass is 358 g/mol. The van der Waals surface area contributed by atoms with Gasteiger partial charge in [0.05, 0.1) is 0 Å². The van der Waals surface area contributed by atoms with E-state index in [1.165, 1.54) is 54.9 Å². The molecule has 28 heavy (non-hydrogen) atoms. The van der Waals surface area contributed by atoms with Gasteiger partial charge in [0, 0.05) is 0 Å². The lowest BCUT2D eigenvalue weighted by molar-refractivity contribution is 1.49. The Morgan fingerprint density at radius 1 is 0.500 bits per heavy atom. The van der Waals surface area contributed by atoms with Gasteiger partial charge in [-0.1, -0.05) is 91.0 Å². The lowest BCUT2D eigenvalue weighted by Gasteiger charge is -2.15. The van der Waals surface area contributed by atoms with Crippen LogP contribution >= 0.6 is 0 Å². The number of benzene rings is 5. The molecule has 0 heteroatoms. The minimum atomic E-state index is 1.26. The van der Waals surface area contributed by atoms with Gasteiger partial charge >= 0.3 is 0 Å². The van der Waals surface area contributed by atoms with Crippen molar-refractivity contribution < 1.29 is 0 Å². The average molecular weight is 358 g/mol. The molecule has 0 saturated heterocycles. The molecule has 0 radical (unpaired) electrons. The van der Waals surface area contributed by atoms with E-state index >= 15 is 0 Å². The first-order valence-electron chi connectivity index (χ1n) is 9.79. The topological polar surface area (TPSA) is 0 Å². The Morgan fingerprint density at radius 2 is 1.18 bits per heavy atom. The maximum absolute atomic E-state index is 2.34. The number of hydrogen-bond donors (Lipinski definition) is 0. The number of rotatable bonds is 2. The van der Waals surface area contributed by atoms with E-state index in [-0.39, 0.29) is 0 Å². The third kappa shape index (κ3) is 2.78. The molecular formula is C28H22. The molecule has 0 nitrogen and oxygen atoms in total. The Kier molecular flexibility index (Phi) is 3.98. The maximum atomic E-state index is 2.34. The van der Waals surface area contributed by atoms with Crippen LogP contribution in [0.1, 0.15) is 11.1 Å². The largest absolute Gasteiger partial charge is 0.0622 e. The average Bonchev–Trinajstić information content (AvgIpc) is 2.74. The summed E-state index contributed by atoms with van der Waals surface area (Å²) in [5.41, 5.74) is 7.73. The van der Waals surface area contributed by atoms with Gasteiger partial charge in [-0.15, -0.1) is 0 Å². The van der Waals surface area contributed by atoms with Crippen molar-refractivity contribution >= 4 is 21.5 Å². The van der Waals surface area contributed by atoms with Crippen molar-refractivity contribution in [3.63, 3.8) is 0 Å². The zero-order valence-electron chi connectivity index (χ0n) is 16.2. The predicted molar refractivity (Wildman–Crippen MR) is 122 cm³/mol. The molecule has 0 spiro atoms. The minimum absolute atomic E-state index is 1.26. The van der Waals surface area contributed by atoms with E-state index in [9.17, 15) is 0 Å². The van der Waals surface area contributed by atoms with Crippen molar-refractivity contribution in [3.05, 3.63) is 108 Å². The molecule has 0 bridgehead atoms. The summed E-state index contributed by atoms with van der Waals surface area (Å²) in [7, 11) is 0. The van der Waals surface area contributed by atoms with Gasteiger partial charge in [-0.25, -0.2) is 0 Å². The highest BCUT2D eigenvalue weighted by Gasteiger charge is 2.12. The van der Waals surface area contributed by atoms with E-state index in [0.717, 1.165) is 0 Å². The second kappa shape index (κ2) is 6.65. The van der Waals surface area contributed by atoms with Crippen LogP contribution in [0.15, 0.2) is 97.1 Å². The molecule has 0 aliphatic carbocycles. The van der Waals surface area contributed by atoms with Crippen molar-refractivity contribution in [2.45, 2.75) is 13.8 Å². The van der Waals surface area contributed by atoms with Crippen LogP contribution in [0, 0.1) is 13.8 Å². The highest BCUT2D eigenvalue weighted by molar-refractivity contribution is 6.16. The van der Waals surface area contributed by atoms with Gasteiger partial charge in [0.1, 0.15) is 0 Å². The van der Waals surface area contributed by atoms with Crippen LogP contribution in [0.3, 0.4) is 0 Å². The van der Waals surface area contributed by atoms with E-state index in [0.29, 0.717) is 0 Å². The molecule has 134 valence electrons. The number of aryl methyl sites for hydroxylation is 2. The molecule has 0 atom stereocenters. The summed E-state index contributed by atoms with van der Waals surface area (Å²) in [6.45, 7) is 4.41. The van der Waals surface area contributed by atoms with E-state index in [2.05, 4.69) is 111 Å². The van der Waals surface area contributed by atoms with E-state index < -0.39 is 0 Å². The fraction of sp³-hybridized carbons (Fsp3) is 0.0714. The third-order valence-electron chi connectivity index (χ3n) is 5.59. The second-order valence-corrected chi connectivity index (χ2v) is 7.60. The third-order valence-corrected chi connectivity index (χ3v) is 5.59. The Balaban J connectivity index is 1.86. The fourth-order valence-corrected chi connectivity index (χ4v) is 4.28. The molecule has 5 aromatic carbocycles. The standard InChI is InChI=1S/C28H22/c1-19-15-24-17-20(2)26-18-23(21-9-5-3-6-10-21)13-14-25(26)28(24)27(16-19)22-11-7-4-8-12-22/h3-18H,1-2H3. The maximum Gasteiger partial charge on any atom is -0.00264 e. The Labute approximate surface area is 166 Å². The number of hydrogen-bond acceptors (Lipinski definition) is 0. The van der Waals surface area contributed by atoms with Crippen LogP contribution in [0.2, 0.25) is 0 Å². The zero-order valence-corrected chi connectivity index (χ0v) is 16.2. The Hall–Kier alpha value is -3.38. The molecule has 0 saturated carbocycles. The highest BCUT2D eigenvalue weighted by Crippen LogP contribution is 2.38. The molecule has 0 fully saturated rings. The molecule has 0 aromatic heterocycles. The second-order valence-electron chi connectivity index (χ2n) is 7.60. The van der Waals surface area contributed by atoms with E-state index in [4.69, 9.17) is 0 Å². The normalized spacial score (nSPS) is 11.2. The summed E-state index contributed by atoms with van der Waals surface area (Å²) in [4.78, 5) is 0. The van der Waals surface area contributed by atoms with E-state index in [1.54, 1.807) is 0 Å². The molecule has 0 aliphatic heterocycles. The first-order chi connectivity index (χ1) is 13.7. The van der Waals surface area contributed by atoms with Gasteiger partial charge in [0.2, 0.25) is 0 Å². The smallest absolute Gasteiger partial charge is 0.00264 e. The molecule has 5 rings (SSSR count). The number of fused-ring (bicyclic) bond motifs is 3. The van der Waals surface area contributed by atoms with Crippen LogP contribution in [0.5, 0.6) is 0 Å². The van der Waals surface area contributed by atoms with Gasteiger partial charge < -0.3 is 0 Å². The first kappa shape index (κ1) is 16.8. The summed E-state index contributed by atoms with van der Waals surface area (Å²) in [6, 6.07) is 35.2. The molecular weight excluding hydrogens is 336 g/mol. The molecule has 0 heterocycles. The van der Waals surface area contributed by atoms with Gasteiger partial charge in [-0.2, -0.15) is 0 Å². The molecule has 0 unspecified atom stereocenters. The van der Waals surface area contributed by atoms with Crippen molar-refractivity contribution in [1.29, 1.82) is 0 Å². The Bertz CT molecular complexity index is 1300. The van der Waals surface area contributed by atoms with Gasteiger partial charge in [0.25, 0.3) is 0 Å². The lowest BCUT2D eigenvalue weighted by Crippen LogP contribution is -1.89. The van der Waals surface area contributed by atoms with Crippen LogP contribution < -0.4 is 0 Å². The summed E-state index contributed by atoms with van der Waals surface area (Å²) < 4.78 is 0. The van der Waals surface area contributed by atoms with Crippen molar-refractivity contribution in [1.82, 2.24) is 0 Å². The quantitative estimate of drug-likeness (QED) is 0.281. The SMILES string of the molecule is Cc1cc(-c2ccccc2)c2c(c1)cc(C)c1cc(-c3ccccc3)ccc12. The van der Waals surface area contributed by atoms with Crippen LogP contribution in [-0.4, -0.2) is 0 Å². The summed E-state index contributed by atoms with van der Waals surface area (Å²) in [5.74, 6) is 0. The van der Waals surface area contributed by atoms with Crippen molar-refractivity contribution in [3.8, 4) is 22.3 Å². The summed E-state index contributed by atoms with van der Waals surface area (Å²) >= 11 is 0. The van der Waals surface area contributed by atoms with Crippen molar-refractivity contribution in [2.75, 3.05) is 0 Å². The molecule has 0 aliphatic rings. The predicted octanol–water partition coefficient (Wildman–Crippen LogP) is 7.94. The van der Waals surface area contributed by atoms with Crippen LogP contribution in [0.25, 0.3) is 43.8 Å². The van der Waals surface area contributed by atoms with E-state index in [1.807, 2.05) is 0 Å². The highest BCUT2D eigenvalue weighted by atomic mass is 14.2. The van der Waals surface area contributed by atoms with Gasteiger partial charge in [-0.3, -0.25) is 0 Å². The first-order valence-corrected chi connectivity index (χ1v) is 9.79. The molecule has 0 N–H and O–H groups in total. The van der Waals surface area contributed by atoms with Gasteiger partial charge in [0.15, 0.2) is 0 Å². The fourth-order valence-electron chi connectivity index (χ4n) is 4.28. The summed E-state index contributed by atoms with van der Waals surface area (Å²) in [6.07, 6.45) is 0. The van der Waals surface area contributed by atoms with Crippen molar-refractivity contribution in [2.24, 2.45) is 0 Å². The molecule has 0 amide bonds. The Morgan fingerprint density at radius 3 is 1.89 bits per heavy atom. The van der Waals surface area contributed by atoms with Crippen LogP contribution in [0.4, 0.5) is 0 Å².